The molecule has 8 heteroatoms. The van der Waals surface area contributed by atoms with E-state index in [4.69, 9.17) is 8.85 Å². The SMILES string of the molecule is C[C@H]1CC(c2ccncc2[N+](=O)[O-])=C[C@H](O[Si](C)(C)C(C)(C)C)C1O[Si](C)(C)C(C)(C)C. The molecule has 1 heterocycles. The molecule has 0 saturated carbocycles. The molecule has 0 saturated heterocycles. The van der Waals surface area contributed by atoms with Crippen molar-refractivity contribution in [2.45, 2.75) is 103 Å². The summed E-state index contributed by atoms with van der Waals surface area (Å²) in [6.07, 6.45) is 5.45. The molecular formula is C24H42N2O4Si2. The summed E-state index contributed by atoms with van der Waals surface area (Å²) in [7, 11) is -4.15. The van der Waals surface area contributed by atoms with Crippen LogP contribution < -0.4 is 0 Å². The first-order valence-electron chi connectivity index (χ1n) is 11.5. The van der Waals surface area contributed by atoms with E-state index in [1.165, 1.54) is 6.20 Å². The topological polar surface area (TPSA) is 74.5 Å². The zero-order valence-electron chi connectivity index (χ0n) is 21.8. The quantitative estimate of drug-likeness (QED) is 0.246. The van der Waals surface area contributed by atoms with Gasteiger partial charge in [0.15, 0.2) is 16.6 Å². The summed E-state index contributed by atoms with van der Waals surface area (Å²) in [5.74, 6) is 0.173. The molecule has 0 amide bonds. The molecule has 0 N–H and O–H groups in total. The van der Waals surface area contributed by atoms with Gasteiger partial charge in [-0.2, -0.15) is 0 Å². The first-order chi connectivity index (χ1) is 14.4. The average Bonchev–Trinajstić information content (AvgIpc) is 2.62. The molecule has 6 nitrogen and oxygen atoms in total. The summed E-state index contributed by atoms with van der Waals surface area (Å²) in [6.45, 7) is 24.7. The Hall–Kier alpha value is -1.36. The molecule has 0 radical (unpaired) electrons. The number of pyridine rings is 1. The van der Waals surface area contributed by atoms with Gasteiger partial charge in [-0.05, 0) is 60.2 Å². The minimum Gasteiger partial charge on any atom is -0.411 e. The molecular weight excluding hydrogens is 436 g/mol. The van der Waals surface area contributed by atoms with Crippen molar-refractivity contribution in [1.29, 1.82) is 0 Å². The number of nitro groups is 1. The number of rotatable bonds is 6. The van der Waals surface area contributed by atoms with E-state index in [1.807, 2.05) is 0 Å². The number of hydrogen-bond acceptors (Lipinski definition) is 5. The van der Waals surface area contributed by atoms with Gasteiger partial charge in [-0.15, -0.1) is 0 Å². The van der Waals surface area contributed by atoms with Crippen molar-refractivity contribution in [3.05, 3.63) is 40.2 Å². The summed E-state index contributed by atoms with van der Waals surface area (Å²) < 4.78 is 13.8. The van der Waals surface area contributed by atoms with Crippen molar-refractivity contribution >= 4 is 27.9 Å². The van der Waals surface area contributed by atoms with Crippen LogP contribution >= 0.6 is 0 Å². The highest BCUT2D eigenvalue weighted by Gasteiger charge is 2.47. The van der Waals surface area contributed by atoms with E-state index < -0.39 is 16.6 Å². The summed E-state index contributed by atoms with van der Waals surface area (Å²) in [5, 5.41) is 11.8. The maximum Gasteiger partial charge on any atom is 0.294 e. The lowest BCUT2D eigenvalue weighted by molar-refractivity contribution is -0.385. The predicted molar refractivity (Wildman–Crippen MR) is 137 cm³/mol. The lowest BCUT2D eigenvalue weighted by atomic mass is 9.83. The second-order valence-corrected chi connectivity index (χ2v) is 21.7. The van der Waals surface area contributed by atoms with Gasteiger partial charge >= 0.3 is 0 Å². The van der Waals surface area contributed by atoms with Gasteiger partial charge in [-0.3, -0.25) is 15.1 Å². The van der Waals surface area contributed by atoms with Crippen LogP contribution in [-0.2, 0) is 8.85 Å². The summed E-state index contributed by atoms with van der Waals surface area (Å²) in [5.41, 5.74) is 1.62. The number of hydrogen-bond donors (Lipinski definition) is 0. The molecule has 0 aliphatic heterocycles. The van der Waals surface area contributed by atoms with E-state index in [0.717, 1.165) is 5.57 Å². The van der Waals surface area contributed by atoms with Crippen molar-refractivity contribution < 1.29 is 13.8 Å². The Balaban J connectivity index is 2.56. The number of nitrogens with zero attached hydrogens (tertiary/aromatic N) is 2. The van der Waals surface area contributed by atoms with E-state index >= 15 is 0 Å². The largest absolute Gasteiger partial charge is 0.411 e. The van der Waals surface area contributed by atoms with Gasteiger partial charge < -0.3 is 8.85 Å². The summed E-state index contributed by atoms with van der Waals surface area (Å²) in [4.78, 5) is 15.3. The van der Waals surface area contributed by atoms with Crippen LogP contribution in [0.25, 0.3) is 5.57 Å². The van der Waals surface area contributed by atoms with Crippen molar-refractivity contribution in [1.82, 2.24) is 4.98 Å². The maximum atomic E-state index is 11.6. The molecule has 1 aromatic heterocycles. The highest BCUT2D eigenvalue weighted by Crippen LogP contribution is 2.45. The Morgan fingerprint density at radius 1 is 1.03 bits per heavy atom. The fourth-order valence-corrected chi connectivity index (χ4v) is 6.11. The van der Waals surface area contributed by atoms with Crippen LogP contribution in [0.2, 0.25) is 36.3 Å². The van der Waals surface area contributed by atoms with E-state index in [0.29, 0.717) is 12.0 Å². The highest BCUT2D eigenvalue weighted by molar-refractivity contribution is 6.74. The van der Waals surface area contributed by atoms with Gasteiger partial charge in [-0.1, -0.05) is 54.5 Å². The van der Waals surface area contributed by atoms with E-state index in [2.05, 4.69) is 85.7 Å². The third kappa shape index (κ3) is 5.76. The minimum absolute atomic E-state index is 0.0424. The van der Waals surface area contributed by atoms with Crippen LogP contribution in [-0.4, -0.2) is 38.8 Å². The fourth-order valence-electron chi connectivity index (χ4n) is 3.47. The molecule has 3 atom stereocenters. The standard InChI is InChI=1S/C24H42N2O4Si2/c1-17-14-18(19-12-13-25-16-20(19)26(27)28)15-21(29-31(8,9)23(2,3)4)22(17)30-32(10,11)24(5,6)7/h12-13,15-17,21-22H,14H2,1-11H3/t17-,21-,22?/m0/s1. The molecule has 0 aromatic carbocycles. The molecule has 1 aliphatic rings. The molecule has 0 spiro atoms. The third-order valence-corrected chi connectivity index (χ3v) is 16.6. The molecule has 1 unspecified atom stereocenters. The zero-order chi connectivity index (χ0) is 24.7. The molecule has 2 rings (SSSR count). The average molecular weight is 479 g/mol. The van der Waals surface area contributed by atoms with Crippen LogP contribution in [0.5, 0.6) is 0 Å². The van der Waals surface area contributed by atoms with Gasteiger partial charge in [0.05, 0.1) is 22.7 Å². The fraction of sp³-hybridized carbons (Fsp3) is 0.708. The van der Waals surface area contributed by atoms with Crippen molar-refractivity contribution in [3.8, 4) is 0 Å². The third-order valence-electron chi connectivity index (χ3n) is 7.61. The number of aromatic nitrogens is 1. The predicted octanol–water partition coefficient (Wildman–Crippen LogP) is 7.19. The Labute approximate surface area is 196 Å². The van der Waals surface area contributed by atoms with E-state index in [9.17, 15) is 10.1 Å². The lowest BCUT2D eigenvalue weighted by Crippen LogP contribution is -2.54. The summed E-state index contributed by atoms with van der Waals surface area (Å²) >= 11 is 0. The normalized spacial score (nSPS) is 23.1. The van der Waals surface area contributed by atoms with Crippen molar-refractivity contribution in [3.63, 3.8) is 0 Å². The summed E-state index contributed by atoms with van der Waals surface area (Å²) in [6, 6.07) is 1.75. The Bertz CT molecular complexity index is 869. The lowest BCUT2D eigenvalue weighted by Gasteiger charge is -2.47. The molecule has 1 aromatic rings. The first kappa shape index (κ1) is 26.9. The number of allylic oxidation sites excluding steroid dienone is 1. The van der Waals surface area contributed by atoms with Gasteiger partial charge in [0.2, 0.25) is 0 Å². The van der Waals surface area contributed by atoms with E-state index in [-0.39, 0.29) is 38.8 Å². The molecule has 0 bridgehead atoms. The minimum atomic E-state index is -2.11. The molecule has 32 heavy (non-hydrogen) atoms. The highest BCUT2D eigenvalue weighted by atomic mass is 28.4. The van der Waals surface area contributed by atoms with Crippen LogP contribution in [0.15, 0.2) is 24.5 Å². The van der Waals surface area contributed by atoms with Crippen LogP contribution in [0, 0.1) is 16.0 Å². The first-order valence-corrected chi connectivity index (χ1v) is 17.3. The van der Waals surface area contributed by atoms with Gasteiger partial charge in [-0.25, -0.2) is 0 Å². The Kier molecular flexibility index (Phi) is 7.66. The molecule has 1 aliphatic carbocycles. The molecule has 180 valence electrons. The van der Waals surface area contributed by atoms with Crippen LogP contribution in [0.4, 0.5) is 5.69 Å². The van der Waals surface area contributed by atoms with Gasteiger partial charge in [0, 0.05) is 6.20 Å². The second kappa shape index (κ2) is 9.12. The van der Waals surface area contributed by atoms with Gasteiger partial charge in [0.1, 0.15) is 6.20 Å². The zero-order valence-corrected chi connectivity index (χ0v) is 23.8. The molecule has 0 fully saturated rings. The Morgan fingerprint density at radius 3 is 2.06 bits per heavy atom. The van der Waals surface area contributed by atoms with Crippen LogP contribution in [0.1, 0.15) is 60.5 Å². The van der Waals surface area contributed by atoms with Gasteiger partial charge in [0.25, 0.3) is 5.69 Å². The Morgan fingerprint density at radius 2 is 1.56 bits per heavy atom. The van der Waals surface area contributed by atoms with Crippen LogP contribution in [0.3, 0.4) is 0 Å². The maximum absolute atomic E-state index is 11.6. The smallest absolute Gasteiger partial charge is 0.294 e. The van der Waals surface area contributed by atoms with Crippen molar-refractivity contribution in [2.24, 2.45) is 5.92 Å². The van der Waals surface area contributed by atoms with E-state index in [1.54, 1.807) is 12.3 Å². The van der Waals surface area contributed by atoms with Crippen molar-refractivity contribution in [2.75, 3.05) is 0 Å². The second-order valence-electron chi connectivity index (χ2n) is 12.2. The monoisotopic (exact) mass is 478 g/mol.